The van der Waals surface area contributed by atoms with E-state index in [0.29, 0.717) is 5.33 Å². The maximum atomic E-state index is 4.82. The third-order valence-electron chi connectivity index (χ3n) is 2.68. The van der Waals surface area contributed by atoms with E-state index >= 15 is 0 Å². The van der Waals surface area contributed by atoms with E-state index in [4.69, 9.17) is 4.84 Å². The SMILES string of the molecule is CCCCCc1ccc(C(CBr)=NOC)cc1. The lowest BCUT2D eigenvalue weighted by Crippen LogP contribution is -2.03. The van der Waals surface area contributed by atoms with Gasteiger partial charge in [0, 0.05) is 10.9 Å². The number of halogens is 1. The van der Waals surface area contributed by atoms with Gasteiger partial charge in [-0.2, -0.15) is 0 Å². The van der Waals surface area contributed by atoms with Crippen LogP contribution in [0.4, 0.5) is 0 Å². The van der Waals surface area contributed by atoms with Crippen LogP contribution in [0.15, 0.2) is 29.4 Å². The molecule has 1 aromatic carbocycles. The van der Waals surface area contributed by atoms with Gasteiger partial charge in [-0.15, -0.1) is 0 Å². The van der Waals surface area contributed by atoms with Crippen LogP contribution in [0.3, 0.4) is 0 Å². The molecular weight excluding hydrogens is 278 g/mol. The van der Waals surface area contributed by atoms with Crippen molar-refractivity contribution in [3.05, 3.63) is 35.4 Å². The number of hydrogen-bond acceptors (Lipinski definition) is 2. The van der Waals surface area contributed by atoms with Crippen LogP contribution in [0, 0.1) is 0 Å². The molecule has 0 atom stereocenters. The molecular formula is C14H20BrNO. The van der Waals surface area contributed by atoms with Crippen molar-refractivity contribution in [2.45, 2.75) is 32.6 Å². The van der Waals surface area contributed by atoms with Crippen molar-refractivity contribution in [1.29, 1.82) is 0 Å². The molecule has 0 aliphatic rings. The van der Waals surface area contributed by atoms with Gasteiger partial charge in [-0.1, -0.05) is 65.1 Å². The van der Waals surface area contributed by atoms with Gasteiger partial charge < -0.3 is 4.84 Å². The Bertz CT molecular complexity index is 346. The third-order valence-corrected chi connectivity index (χ3v) is 3.22. The zero-order valence-electron chi connectivity index (χ0n) is 10.6. The number of benzene rings is 1. The van der Waals surface area contributed by atoms with Gasteiger partial charge in [0.05, 0.1) is 5.71 Å². The van der Waals surface area contributed by atoms with Crippen molar-refractivity contribution < 1.29 is 4.84 Å². The molecule has 0 amide bonds. The smallest absolute Gasteiger partial charge is 0.106 e. The minimum atomic E-state index is 0.704. The second kappa shape index (κ2) is 8.29. The Kier molecular flexibility index (Phi) is 6.94. The largest absolute Gasteiger partial charge is 0.399 e. The summed E-state index contributed by atoms with van der Waals surface area (Å²) < 4.78 is 0. The van der Waals surface area contributed by atoms with Crippen molar-refractivity contribution in [2.75, 3.05) is 12.4 Å². The Morgan fingerprint density at radius 1 is 1.24 bits per heavy atom. The van der Waals surface area contributed by atoms with Gasteiger partial charge in [-0.3, -0.25) is 0 Å². The highest BCUT2D eigenvalue weighted by atomic mass is 79.9. The summed E-state index contributed by atoms with van der Waals surface area (Å²) in [6.45, 7) is 2.23. The summed E-state index contributed by atoms with van der Waals surface area (Å²) >= 11 is 3.41. The molecule has 0 fully saturated rings. The van der Waals surface area contributed by atoms with Crippen LogP contribution in [0.25, 0.3) is 0 Å². The molecule has 0 aliphatic heterocycles. The van der Waals surface area contributed by atoms with Gasteiger partial charge in [0.1, 0.15) is 7.11 Å². The van der Waals surface area contributed by atoms with Gasteiger partial charge in [0.25, 0.3) is 0 Å². The number of alkyl halides is 1. The minimum absolute atomic E-state index is 0.704. The second-order valence-electron chi connectivity index (χ2n) is 4.01. The number of oxime groups is 1. The Hall–Kier alpha value is -0.830. The summed E-state index contributed by atoms with van der Waals surface area (Å²) in [5.74, 6) is 0. The monoisotopic (exact) mass is 297 g/mol. The molecule has 3 heteroatoms. The van der Waals surface area contributed by atoms with E-state index in [-0.39, 0.29) is 0 Å². The highest BCUT2D eigenvalue weighted by Crippen LogP contribution is 2.11. The molecule has 94 valence electrons. The molecule has 0 saturated carbocycles. The zero-order chi connectivity index (χ0) is 12.5. The predicted octanol–water partition coefficient (Wildman–Crippen LogP) is 4.16. The van der Waals surface area contributed by atoms with Crippen LogP contribution in [0.2, 0.25) is 0 Å². The van der Waals surface area contributed by atoms with Gasteiger partial charge in [-0.05, 0) is 18.4 Å². The molecule has 1 rings (SSSR count). The molecule has 0 aromatic heterocycles. The van der Waals surface area contributed by atoms with Gasteiger partial charge in [0.2, 0.25) is 0 Å². The van der Waals surface area contributed by atoms with E-state index in [1.54, 1.807) is 7.11 Å². The molecule has 2 nitrogen and oxygen atoms in total. The van der Waals surface area contributed by atoms with E-state index in [0.717, 1.165) is 11.3 Å². The van der Waals surface area contributed by atoms with E-state index in [2.05, 4.69) is 52.3 Å². The molecule has 1 aromatic rings. The Morgan fingerprint density at radius 3 is 2.47 bits per heavy atom. The number of aryl methyl sites for hydroxylation is 1. The topological polar surface area (TPSA) is 21.6 Å². The number of unbranched alkanes of at least 4 members (excludes halogenated alkanes) is 2. The Balaban J connectivity index is 2.63. The average Bonchev–Trinajstić information content (AvgIpc) is 2.37. The number of hydrogen-bond donors (Lipinski definition) is 0. The normalized spacial score (nSPS) is 11.6. The molecule has 0 saturated heterocycles. The Labute approximate surface area is 112 Å². The molecule has 0 aliphatic carbocycles. The predicted molar refractivity (Wildman–Crippen MR) is 77.0 cm³/mol. The van der Waals surface area contributed by atoms with Crippen molar-refractivity contribution in [3.63, 3.8) is 0 Å². The minimum Gasteiger partial charge on any atom is -0.399 e. The lowest BCUT2D eigenvalue weighted by Gasteiger charge is -2.04. The summed E-state index contributed by atoms with van der Waals surface area (Å²) in [6.07, 6.45) is 5.01. The van der Waals surface area contributed by atoms with E-state index in [1.165, 1.54) is 31.2 Å². The van der Waals surface area contributed by atoms with Crippen LogP contribution in [0.1, 0.15) is 37.3 Å². The van der Waals surface area contributed by atoms with Crippen molar-refractivity contribution in [3.8, 4) is 0 Å². The van der Waals surface area contributed by atoms with Gasteiger partial charge in [0.15, 0.2) is 0 Å². The van der Waals surface area contributed by atoms with Crippen LogP contribution in [0.5, 0.6) is 0 Å². The summed E-state index contributed by atoms with van der Waals surface area (Å²) in [5.41, 5.74) is 3.43. The van der Waals surface area contributed by atoms with Crippen LogP contribution >= 0.6 is 15.9 Å². The quantitative estimate of drug-likeness (QED) is 0.320. The fourth-order valence-corrected chi connectivity index (χ4v) is 2.13. The Morgan fingerprint density at radius 2 is 1.94 bits per heavy atom. The molecule has 0 N–H and O–H groups in total. The second-order valence-corrected chi connectivity index (χ2v) is 4.57. The van der Waals surface area contributed by atoms with E-state index < -0.39 is 0 Å². The first-order chi connectivity index (χ1) is 8.31. The summed E-state index contributed by atoms with van der Waals surface area (Å²) in [5, 5.41) is 4.69. The lowest BCUT2D eigenvalue weighted by molar-refractivity contribution is 0.213. The average molecular weight is 298 g/mol. The highest BCUT2D eigenvalue weighted by molar-refractivity contribution is 9.09. The third kappa shape index (κ3) is 4.90. The summed E-state index contributed by atoms with van der Waals surface area (Å²) in [6, 6.07) is 8.58. The van der Waals surface area contributed by atoms with Gasteiger partial charge in [-0.25, -0.2) is 0 Å². The molecule has 0 spiro atoms. The standard InChI is InChI=1S/C14H20BrNO/c1-3-4-5-6-12-7-9-13(10-8-12)14(11-15)16-17-2/h7-10H,3-6,11H2,1-2H3. The zero-order valence-corrected chi connectivity index (χ0v) is 12.2. The first kappa shape index (κ1) is 14.2. The van der Waals surface area contributed by atoms with Crippen molar-refractivity contribution in [1.82, 2.24) is 0 Å². The molecule has 0 radical (unpaired) electrons. The molecule has 0 bridgehead atoms. The molecule has 0 heterocycles. The fraction of sp³-hybridized carbons (Fsp3) is 0.500. The first-order valence-electron chi connectivity index (χ1n) is 6.07. The van der Waals surface area contributed by atoms with Crippen molar-refractivity contribution in [2.24, 2.45) is 5.16 Å². The van der Waals surface area contributed by atoms with Gasteiger partial charge >= 0.3 is 0 Å². The van der Waals surface area contributed by atoms with Crippen LogP contribution in [-0.4, -0.2) is 18.2 Å². The summed E-state index contributed by atoms with van der Waals surface area (Å²) in [4.78, 5) is 4.82. The van der Waals surface area contributed by atoms with E-state index in [9.17, 15) is 0 Å². The molecule has 17 heavy (non-hydrogen) atoms. The maximum Gasteiger partial charge on any atom is 0.106 e. The highest BCUT2D eigenvalue weighted by Gasteiger charge is 2.02. The van der Waals surface area contributed by atoms with E-state index in [1.807, 2.05) is 0 Å². The first-order valence-corrected chi connectivity index (χ1v) is 7.19. The van der Waals surface area contributed by atoms with Crippen molar-refractivity contribution >= 4 is 21.6 Å². The number of rotatable bonds is 7. The number of nitrogens with zero attached hydrogens (tertiary/aromatic N) is 1. The van der Waals surface area contributed by atoms with Crippen LogP contribution < -0.4 is 0 Å². The fourth-order valence-electron chi connectivity index (χ4n) is 1.71. The lowest BCUT2D eigenvalue weighted by atomic mass is 10.0. The molecule has 0 unspecified atom stereocenters. The maximum absolute atomic E-state index is 4.82. The summed E-state index contributed by atoms with van der Waals surface area (Å²) in [7, 11) is 1.57. The van der Waals surface area contributed by atoms with Crippen LogP contribution in [-0.2, 0) is 11.3 Å².